The molecule has 0 saturated carbocycles. The summed E-state index contributed by atoms with van der Waals surface area (Å²) in [4.78, 5) is 7.17. The van der Waals surface area contributed by atoms with E-state index < -0.39 is 0 Å². The first kappa shape index (κ1) is 26.0. The number of pyridine rings is 1. The van der Waals surface area contributed by atoms with Crippen LogP contribution in [0.2, 0.25) is 0 Å². The summed E-state index contributed by atoms with van der Waals surface area (Å²) in [7, 11) is 4.03. The van der Waals surface area contributed by atoms with Crippen molar-refractivity contribution >= 4 is 23.1 Å². The maximum absolute atomic E-state index is 6.54. The molecule has 4 aromatic heterocycles. The molecule has 1 aliphatic rings. The molecule has 0 amide bonds. The molecule has 0 radical (unpaired) electrons. The molecule has 2 atom stereocenters. The molecule has 1 aliphatic heterocycles. The maximum Gasteiger partial charge on any atom is 0.240 e. The van der Waals surface area contributed by atoms with Crippen LogP contribution in [-0.2, 0) is 13.6 Å². The third-order valence-electron chi connectivity index (χ3n) is 7.19. The third-order valence-corrected chi connectivity index (χ3v) is 7.19. The lowest BCUT2D eigenvalue weighted by atomic mass is 10.1. The Labute approximate surface area is 223 Å². The summed E-state index contributed by atoms with van der Waals surface area (Å²) in [5.41, 5.74) is 7.30. The van der Waals surface area contributed by atoms with Gasteiger partial charge in [-0.15, -0.1) is 5.10 Å². The summed E-state index contributed by atoms with van der Waals surface area (Å²) in [6, 6.07) is 2.31. The lowest BCUT2D eigenvalue weighted by molar-refractivity contribution is 0.146. The van der Waals surface area contributed by atoms with Crippen molar-refractivity contribution in [2.75, 3.05) is 20.2 Å². The van der Waals surface area contributed by atoms with Crippen LogP contribution in [0.15, 0.2) is 6.07 Å². The highest BCUT2D eigenvalue weighted by atomic mass is 16.5. The van der Waals surface area contributed by atoms with E-state index >= 15 is 0 Å². The largest absolute Gasteiger partial charge is 0.476 e. The van der Waals surface area contributed by atoms with E-state index in [1.807, 2.05) is 27.8 Å². The van der Waals surface area contributed by atoms with Gasteiger partial charge in [0.15, 0.2) is 0 Å². The predicted octanol–water partition coefficient (Wildman–Crippen LogP) is 4.92. The molecule has 2 unspecified atom stereocenters. The van der Waals surface area contributed by atoms with Gasteiger partial charge in [-0.2, -0.15) is 10.2 Å². The maximum atomic E-state index is 6.54. The SMILES string of the molecule is CCOc1nn(C(C)CC)c2c1/C=C/c1[nH]nc3c(C)nc(cc13)-c1c(C)nn(C)c1OC(C)CN(C)C2. The van der Waals surface area contributed by atoms with Gasteiger partial charge in [0.1, 0.15) is 11.6 Å². The number of aryl methyl sites for hydroxylation is 3. The molecule has 0 aromatic carbocycles. The standard InChI is InChI=1S/C28H38N8O2/c1-9-16(3)36-24-15-34(7)14-17(4)38-28-25(18(5)32-35(28)8)23-13-21-22(30-31-26(21)19(6)29-23)12-11-20(24)27(33-36)37-10-2/h11-13,16-17H,9-10,14-15H2,1-8H3,(H,30,31)/b12-11+. The minimum Gasteiger partial charge on any atom is -0.476 e. The smallest absolute Gasteiger partial charge is 0.240 e. The molecule has 0 saturated heterocycles. The van der Waals surface area contributed by atoms with E-state index in [1.165, 1.54) is 0 Å². The van der Waals surface area contributed by atoms with Gasteiger partial charge in [-0.05, 0) is 66.3 Å². The monoisotopic (exact) mass is 518 g/mol. The number of nitrogens with zero attached hydrogens (tertiary/aromatic N) is 7. The Morgan fingerprint density at radius 1 is 1.16 bits per heavy atom. The molecule has 10 heteroatoms. The Hall–Kier alpha value is -3.66. The lowest BCUT2D eigenvalue weighted by Crippen LogP contribution is -2.32. The average Bonchev–Trinajstić information content (AvgIpc) is 3.51. The molecule has 38 heavy (non-hydrogen) atoms. The fraction of sp³-hybridized carbons (Fsp3) is 0.500. The number of rotatable bonds is 4. The summed E-state index contributed by atoms with van der Waals surface area (Å²) in [6.07, 6.45) is 5.05. The zero-order valence-electron chi connectivity index (χ0n) is 23.7. The summed E-state index contributed by atoms with van der Waals surface area (Å²) in [5.74, 6) is 1.37. The number of aromatic amines is 1. The molecule has 0 aliphatic carbocycles. The number of H-pyrrole nitrogens is 1. The van der Waals surface area contributed by atoms with Crippen molar-refractivity contribution in [1.82, 2.24) is 39.6 Å². The molecule has 0 spiro atoms. The molecular weight excluding hydrogens is 480 g/mol. The normalized spacial score (nSPS) is 17.9. The van der Waals surface area contributed by atoms with Gasteiger partial charge >= 0.3 is 0 Å². The Kier molecular flexibility index (Phi) is 7.00. The Morgan fingerprint density at radius 2 is 1.95 bits per heavy atom. The number of fused-ring (bicyclic) bond motifs is 4. The molecule has 0 fully saturated rings. The minimum atomic E-state index is -0.0849. The Balaban J connectivity index is 1.75. The second-order valence-electron chi connectivity index (χ2n) is 10.3. The number of likely N-dealkylation sites (N-methyl/N-ethyl adjacent to an activating group) is 1. The first-order valence-electron chi connectivity index (χ1n) is 13.4. The summed E-state index contributed by atoms with van der Waals surface area (Å²) in [6.45, 7) is 14.4. The van der Waals surface area contributed by atoms with Crippen molar-refractivity contribution in [2.24, 2.45) is 7.05 Å². The number of aromatic nitrogens is 7. The van der Waals surface area contributed by atoms with Crippen LogP contribution >= 0.6 is 0 Å². The third kappa shape index (κ3) is 4.57. The van der Waals surface area contributed by atoms with Crippen LogP contribution in [0.5, 0.6) is 11.8 Å². The second-order valence-corrected chi connectivity index (χ2v) is 10.3. The van der Waals surface area contributed by atoms with E-state index in [9.17, 15) is 0 Å². The van der Waals surface area contributed by atoms with Gasteiger partial charge in [0.05, 0.1) is 46.2 Å². The number of nitrogens with one attached hydrogen (secondary N) is 1. The molecule has 10 nitrogen and oxygen atoms in total. The second kappa shape index (κ2) is 10.2. The Morgan fingerprint density at radius 3 is 2.68 bits per heavy atom. The van der Waals surface area contributed by atoms with E-state index in [-0.39, 0.29) is 12.1 Å². The van der Waals surface area contributed by atoms with Crippen LogP contribution in [0, 0.1) is 13.8 Å². The van der Waals surface area contributed by atoms with Crippen LogP contribution in [-0.4, -0.2) is 65.9 Å². The minimum absolute atomic E-state index is 0.0849. The number of hydrogen-bond donors (Lipinski definition) is 1. The van der Waals surface area contributed by atoms with Crippen molar-refractivity contribution in [3.63, 3.8) is 0 Å². The fourth-order valence-electron chi connectivity index (χ4n) is 5.23. The summed E-state index contributed by atoms with van der Waals surface area (Å²) < 4.78 is 16.5. The summed E-state index contributed by atoms with van der Waals surface area (Å²) >= 11 is 0. The van der Waals surface area contributed by atoms with Crippen LogP contribution in [0.3, 0.4) is 0 Å². The van der Waals surface area contributed by atoms with Crippen LogP contribution in [0.1, 0.15) is 68.5 Å². The number of ether oxygens (including phenoxy) is 2. The first-order valence-corrected chi connectivity index (χ1v) is 13.4. The zero-order chi connectivity index (χ0) is 27.1. The average molecular weight is 519 g/mol. The summed E-state index contributed by atoms with van der Waals surface area (Å²) in [5, 5.41) is 18.4. The van der Waals surface area contributed by atoms with Crippen LogP contribution in [0.4, 0.5) is 0 Å². The van der Waals surface area contributed by atoms with Gasteiger partial charge in [-0.3, -0.25) is 19.7 Å². The van der Waals surface area contributed by atoms with Gasteiger partial charge in [0.2, 0.25) is 11.8 Å². The van der Waals surface area contributed by atoms with Gasteiger partial charge in [-0.25, -0.2) is 4.68 Å². The lowest BCUT2D eigenvalue weighted by Gasteiger charge is -2.24. The van der Waals surface area contributed by atoms with Crippen LogP contribution in [0.25, 0.3) is 34.3 Å². The fourth-order valence-corrected chi connectivity index (χ4v) is 5.23. The van der Waals surface area contributed by atoms with Crippen molar-refractivity contribution in [2.45, 2.75) is 66.7 Å². The van der Waals surface area contributed by atoms with Crippen molar-refractivity contribution in [1.29, 1.82) is 0 Å². The molecule has 5 heterocycles. The zero-order valence-corrected chi connectivity index (χ0v) is 23.7. The molecule has 202 valence electrons. The van der Waals surface area contributed by atoms with E-state index in [4.69, 9.17) is 19.6 Å². The highest BCUT2D eigenvalue weighted by Gasteiger charge is 2.25. The van der Waals surface area contributed by atoms with Crippen molar-refractivity contribution in [3.8, 4) is 23.0 Å². The van der Waals surface area contributed by atoms with Crippen molar-refractivity contribution in [3.05, 3.63) is 34.4 Å². The van der Waals surface area contributed by atoms with E-state index in [0.29, 0.717) is 24.9 Å². The molecule has 5 rings (SSSR count). The topological polar surface area (TPSA) is 98.9 Å². The van der Waals surface area contributed by atoms with Gasteiger partial charge in [0.25, 0.3) is 0 Å². The van der Waals surface area contributed by atoms with E-state index in [2.05, 4.69) is 70.9 Å². The molecular formula is C28H38N8O2. The Bertz CT molecular complexity index is 1490. The van der Waals surface area contributed by atoms with Gasteiger partial charge in [-0.1, -0.05) is 6.92 Å². The molecule has 4 aromatic rings. The predicted molar refractivity (Wildman–Crippen MR) is 149 cm³/mol. The van der Waals surface area contributed by atoms with Gasteiger partial charge < -0.3 is 9.47 Å². The van der Waals surface area contributed by atoms with Crippen LogP contribution < -0.4 is 9.47 Å². The van der Waals surface area contributed by atoms with Crippen molar-refractivity contribution < 1.29 is 9.47 Å². The first-order chi connectivity index (χ1) is 18.2. The molecule has 1 N–H and O–H groups in total. The van der Waals surface area contributed by atoms with E-state index in [0.717, 1.165) is 63.5 Å². The van der Waals surface area contributed by atoms with E-state index in [1.54, 1.807) is 4.68 Å². The quantitative estimate of drug-likeness (QED) is 0.409. The highest BCUT2D eigenvalue weighted by molar-refractivity contribution is 5.93. The number of hydrogen-bond acceptors (Lipinski definition) is 7. The van der Waals surface area contributed by atoms with Gasteiger partial charge in [0, 0.05) is 31.6 Å². The highest BCUT2D eigenvalue weighted by Crippen LogP contribution is 2.36. The molecule has 2 bridgehead atoms.